The lowest BCUT2D eigenvalue weighted by atomic mass is 10.1. The predicted molar refractivity (Wildman–Crippen MR) is 88.8 cm³/mol. The maximum absolute atomic E-state index is 12.3. The maximum Gasteiger partial charge on any atom is 0.356 e. The van der Waals surface area contributed by atoms with Crippen LogP contribution in [0.2, 0.25) is 0 Å². The van der Waals surface area contributed by atoms with Gasteiger partial charge in [0.25, 0.3) is 11.8 Å². The van der Waals surface area contributed by atoms with Crippen molar-refractivity contribution in [2.45, 2.75) is 13.8 Å². The maximum atomic E-state index is 12.3. The van der Waals surface area contributed by atoms with E-state index in [2.05, 4.69) is 9.72 Å². The first kappa shape index (κ1) is 17.4. The number of nitrogens with zero attached hydrogens (tertiary/aromatic N) is 1. The Labute approximate surface area is 148 Å². The summed E-state index contributed by atoms with van der Waals surface area (Å²) in [6, 6.07) is 6.38. The van der Waals surface area contributed by atoms with Gasteiger partial charge in [-0.1, -0.05) is 12.1 Å². The average Bonchev–Trinajstić information content (AvgIpc) is 3.07. The number of esters is 2. The Bertz CT molecular complexity index is 908. The van der Waals surface area contributed by atoms with Crippen molar-refractivity contribution in [1.29, 1.82) is 0 Å². The van der Waals surface area contributed by atoms with E-state index in [1.807, 2.05) is 0 Å². The van der Waals surface area contributed by atoms with Crippen LogP contribution in [-0.2, 0) is 9.47 Å². The third-order valence-corrected chi connectivity index (χ3v) is 4.23. The van der Waals surface area contributed by atoms with Gasteiger partial charge in [-0.2, -0.15) is 0 Å². The number of nitrogens with one attached hydrogen (secondary N) is 1. The van der Waals surface area contributed by atoms with Crippen molar-refractivity contribution >= 4 is 23.8 Å². The molecule has 134 valence electrons. The van der Waals surface area contributed by atoms with Crippen LogP contribution in [0.15, 0.2) is 24.3 Å². The van der Waals surface area contributed by atoms with Crippen LogP contribution >= 0.6 is 0 Å². The first-order valence-electron chi connectivity index (χ1n) is 7.76. The molecule has 0 saturated heterocycles. The number of rotatable bonds is 4. The Kier molecular flexibility index (Phi) is 4.33. The summed E-state index contributed by atoms with van der Waals surface area (Å²) in [7, 11) is 1.24. The number of methoxy groups -OCH3 is 1. The van der Waals surface area contributed by atoms with Gasteiger partial charge in [0.2, 0.25) is 0 Å². The Morgan fingerprint density at radius 3 is 2.15 bits per heavy atom. The van der Waals surface area contributed by atoms with E-state index >= 15 is 0 Å². The number of carbonyl (C=O) groups excluding carboxylic acids is 4. The largest absolute Gasteiger partial charge is 0.465 e. The molecule has 1 aliphatic heterocycles. The molecule has 1 aromatic heterocycles. The molecule has 0 radical (unpaired) electrons. The lowest BCUT2D eigenvalue weighted by molar-refractivity contribution is 0.0223. The highest BCUT2D eigenvalue weighted by Crippen LogP contribution is 2.23. The zero-order chi connectivity index (χ0) is 19.0. The van der Waals surface area contributed by atoms with Crippen LogP contribution in [0.4, 0.5) is 0 Å². The van der Waals surface area contributed by atoms with E-state index in [1.165, 1.54) is 7.11 Å². The minimum absolute atomic E-state index is 0.0690. The monoisotopic (exact) mass is 356 g/mol. The van der Waals surface area contributed by atoms with Crippen LogP contribution in [0, 0.1) is 13.8 Å². The number of aryl methyl sites for hydroxylation is 1. The van der Waals surface area contributed by atoms with Crippen LogP contribution in [0.3, 0.4) is 0 Å². The molecule has 1 aliphatic rings. The van der Waals surface area contributed by atoms with Crippen molar-refractivity contribution in [2.75, 3.05) is 13.8 Å². The van der Waals surface area contributed by atoms with Gasteiger partial charge in [-0.25, -0.2) is 14.5 Å². The summed E-state index contributed by atoms with van der Waals surface area (Å²) in [5.41, 5.74) is 1.70. The number of fused-ring (bicyclic) bond motifs is 1. The third-order valence-electron chi connectivity index (χ3n) is 4.23. The lowest BCUT2D eigenvalue weighted by Gasteiger charge is -2.13. The fraction of sp³-hybridized carbons (Fsp3) is 0.222. The molecular weight excluding hydrogens is 340 g/mol. The second-order valence-corrected chi connectivity index (χ2v) is 5.76. The summed E-state index contributed by atoms with van der Waals surface area (Å²) in [4.78, 5) is 52.3. The fourth-order valence-corrected chi connectivity index (χ4v) is 2.91. The molecule has 2 amide bonds. The summed E-state index contributed by atoms with van der Waals surface area (Å²) in [6.45, 7) is 2.69. The van der Waals surface area contributed by atoms with Gasteiger partial charge in [0.15, 0.2) is 6.73 Å². The molecule has 8 heteroatoms. The van der Waals surface area contributed by atoms with Crippen LogP contribution in [-0.4, -0.2) is 47.5 Å². The van der Waals surface area contributed by atoms with Crippen LogP contribution < -0.4 is 0 Å². The number of amides is 2. The molecule has 0 unspecified atom stereocenters. The summed E-state index contributed by atoms with van der Waals surface area (Å²) in [5.74, 6) is -2.39. The highest BCUT2D eigenvalue weighted by Gasteiger charge is 2.36. The molecule has 2 aromatic rings. The number of H-pyrrole nitrogens is 1. The van der Waals surface area contributed by atoms with Crippen molar-refractivity contribution in [3.05, 3.63) is 57.9 Å². The molecule has 8 nitrogen and oxygen atoms in total. The zero-order valence-corrected chi connectivity index (χ0v) is 14.4. The second kappa shape index (κ2) is 6.47. The molecule has 26 heavy (non-hydrogen) atoms. The van der Waals surface area contributed by atoms with Gasteiger partial charge in [-0.3, -0.25) is 9.59 Å². The second-order valence-electron chi connectivity index (χ2n) is 5.76. The van der Waals surface area contributed by atoms with E-state index in [9.17, 15) is 19.2 Å². The van der Waals surface area contributed by atoms with Crippen LogP contribution in [0.25, 0.3) is 0 Å². The van der Waals surface area contributed by atoms with E-state index in [-0.39, 0.29) is 22.4 Å². The summed E-state index contributed by atoms with van der Waals surface area (Å²) in [6.07, 6.45) is 0. The van der Waals surface area contributed by atoms with Gasteiger partial charge in [0.05, 0.1) is 23.8 Å². The van der Waals surface area contributed by atoms with E-state index in [0.717, 1.165) is 4.90 Å². The van der Waals surface area contributed by atoms with Gasteiger partial charge in [-0.15, -0.1) is 0 Å². The summed E-state index contributed by atoms with van der Waals surface area (Å²) >= 11 is 0. The van der Waals surface area contributed by atoms with E-state index < -0.39 is 30.5 Å². The topological polar surface area (TPSA) is 106 Å². The number of aromatic nitrogens is 1. The van der Waals surface area contributed by atoms with Gasteiger partial charge >= 0.3 is 11.9 Å². The number of hydrogen-bond acceptors (Lipinski definition) is 6. The molecule has 0 saturated carbocycles. The Balaban J connectivity index is 1.76. The number of ether oxygens (including phenoxy) is 2. The van der Waals surface area contributed by atoms with Crippen molar-refractivity contribution in [3.8, 4) is 0 Å². The normalized spacial score (nSPS) is 13.0. The van der Waals surface area contributed by atoms with Crippen LogP contribution in [0.1, 0.15) is 52.8 Å². The first-order valence-corrected chi connectivity index (χ1v) is 7.76. The zero-order valence-electron chi connectivity index (χ0n) is 14.4. The van der Waals surface area contributed by atoms with Crippen molar-refractivity contribution in [2.24, 2.45) is 0 Å². The quantitative estimate of drug-likeness (QED) is 0.662. The molecule has 2 heterocycles. The van der Waals surface area contributed by atoms with Gasteiger partial charge < -0.3 is 14.5 Å². The van der Waals surface area contributed by atoms with Gasteiger partial charge in [0, 0.05) is 5.69 Å². The Morgan fingerprint density at radius 1 is 1.04 bits per heavy atom. The van der Waals surface area contributed by atoms with Gasteiger partial charge in [0.1, 0.15) is 5.69 Å². The number of hydrogen-bond donors (Lipinski definition) is 1. The van der Waals surface area contributed by atoms with Crippen molar-refractivity contribution < 1.29 is 28.7 Å². The van der Waals surface area contributed by atoms with Gasteiger partial charge in [-0.05, 0) is 31.5 Å². The minimum atomic E-state index is -0.780. The molecule has 3 rings (SSSR count). The first-order chi connectivity index (χ1) is 12.4. The molecular formula is C18H16N2O6. The minimum Gasteiger partial charge on any atom is -0.465 e. The number of aromatic amines is 1. The molecule has 0 spiro atoms. The van der Waals surface area contributed by atoms with E-state index in [4.69, 9.17) is 4.74 Å². The summed E-state index contributed by atoms with van der Waals surface area (Å²) in [5, 5.41) is 0. The lowest BCUT2D eigenvalue weighted by Crippen LogP contribution is -2.33. The molecule has 0 fully saturated rings. The number of benzene rings is 1. The Hall–Kier alpha value is -3.42. The highest BCUT2D eigenvalue weighted by molar-refractivity contribution is 6.21. The Morgan fingerprint density at radius 2 is 1.62 bits per heavy atom. The SMILES string of the molecule is COC(=O)c1c(C)[nH]c(C(=O)OCN2C(=O)c3ccccc3C2=O)c1C. The average molecular weight is 356 g/mol. The molecule has 1 N–H and O–H groups in total. The standard InChI is InChI=1S/C18H16N2O6/c1-9-13(17(23)25-3)10(2)19-14(9)18(24)26-8-20-15(21)11-6-4-5-7-12(11)16(20)22/h4-7,19H,8H2,1-3H3. The number of imide groups is 1. The highest BCUT2D eigenvalue weighted by atomic mass is 16.5. The van der Waals surface area contributed by atoms with Crippen molar-refractivity contribution in [1.82, 2.24) is 9.88 Å². The fourth-order valence-electron chi connectivity index (χ4n) is 2.91. The van der Waals surface area contributed by atoms with E-state index in [1.54, 1.807) is 38.1 Å². The summed E-state index contributed by atoms with van der Waals surface area (Å²) < 4.78 is 9.80. The number of carbonyl (C=O) groups is 4. The molecule has 1 aromatic carbocycles. The van der Waals surface area contributed by atoms with Crippen LogP contribution in [0.5, 0.6) is 0 Å². The van der Waals surface area contributed by atoms with Crippen molar-refractivity contribution in [3.63, 3.8) is 0 Å². The predicted octanol–water partition coefficient (Wildman–Crippen LogP) is 1.83. The van der Waals surface area contributed by atoms with E-state index in [0.29, 0.717) is 11.3 Å². The smallest absolute Gasteiger partial charge is 0.356 e. The third kappa shape index (κ3) is 2.65. The molecule has 0 aliphatic carbocycles. The molecule has 0 bridgehead atoms. The molecule has 0 atom stereocenters.